The summed E-state index contributed by atoms with van der Waals surface area (Å²) in [6, 6.07) is 7.46. The van der Waals surface area contributed by atoms with E-state index in [4.69, 9.17) is 16.3 Å². The minimum atomic E-state index is -0.261. The molecule has 20 heavy (non-hydrogen) atoms. The molecule has 1 aliphatic carbocycles. The Balaban J connectivity index is 2.09. The Morgan fingerprint density at radius 2 is 2.15 bits per heavy atom. The van der Waals surface area contributed by atoms with Crippen molar-refractivity contribution in [3.63, 3.8) is 0 Å². The molecule has 0 unspecified atom stereocenters. The molecule has 1 fully saturated rings. The number of carbonyl (C=O) groups excluding carboxylic acids is 1. The van der Waals surface area contributed by atoms with Gasteiger partial charge in [0.1, 0.15) is 5.54 Å². The fourth-order valence-electron chi connectivity index (χ4n) is 3.34. The minimum Gasteiger partial charge on any atom is -0.461 e. The molecule has 0 amide bonds. The first-order chi connectivity index (χ1) is 9.55. The topological polar surface area (TPSA) is 41.3 Å². The number of benzene rings is 1. The molecular formula is C15H18ClN2O2+. The van der Waals surface area contributed by atoms with Crippen molar-refractivity contribution < 1.29 is 14.2 Å². The third-order valence-corrected chi connectivity index (χ3v) is 4.63. The number of halogens is 1. The van der Waals surface area contributed by atoms with E-state index in [1.807, 2.05) is 28.9 Å². The fourth-order valence-corrected chi connectivity index (χ4v) is 3.47. The lowest BCUT2D eigenvalue weighted by Crippen LogP contribution is -2.42. The van der Waals surface area contributed by atoms with Gasteiger partial charge in [0.15, 0.2) is 0 Å². The number of fused-ring (bicyclic) bond motifs is 1. The molecule has 0 bridgehead atoms. The highest BCUT2D eigenvalue weighted by Crippen LogP contribution is 2.41. The maximum absolute atomic E-state index is 12.2. The number of nitrogens with one attached hydrogen (secondary N) is 1. The van der Waals surface area contributed by atoms with Crippen molar-refractivity contribution in [3.05, 3.63) is 29.3 Å². The van der Waals surface area contributed by atoms with Gasteiger partial charge >= 0.3 is 11.7 Å². The number of hydrogen-bond donors (Lipinski definition) is 1. The van der Waals surface area contributed by atoms with Gasteiger partial charge in [0.05, 0.1) is 13.0 Å². The quantitative estimate of drug-likeness (QED) is 0.673. The summed E-state index contributed by atoms with van der Waals surface area (Å²) in [6.07, 6.45) is 3.20. The van der Waals surface area contributed by atoms with Gasteiger partial charge in [0, 0.05) is 17.2 Å². The van der Waals surface area contributed by atoms with Gasteiger partial charge in [-0.2, -0.15) is 5.43 Å². The number of hydrazine groups is 1. The van der Waals surface area contributed by atoms with Crippen molar-refractivity contribution in [2.75, 3.05) is 7.11 Å². The predicted octanol–water partition coefficient (Wildman–Crippen LogP) is 2.68. The first-order valence-corrected chi connectivity index (χ1v) is 7.21. The van der Waals surface area contributed by atoms with Crippen molar-refractivity contribution >= 4 is 29.0 Å². The van der Waals surface area contributed by atoms with Crippen molar-refractivity contribution in [2.45, 2.75) is 31.7 Å². The van der Waals surface area contributed by atoms with E-state index in [0.29, 0.717) is 10.7 Å². The Morgan fingerprint density at radius 1 is 1.45 bits per heavy atom. The molecule has 2 aliphatic rings. The van der Waals surface area contributed by atoms with E-state index < -0.39 is 0 Å². The monoisotopic (exact) mass is 293 g/mol. The predicted molar refractivity (Wildman–Crippen MR) is 77.3 cm³/mol. The van der Waals surface area contributed by atoms with Gasteiger partial charge in [-0.3, -0.25) is 0 Å². The molecule has 0 radical (unpaired) electrons. The summed E-state index contributed by atoms with van der Waals surface area (Å²) in [4.78, 5) is 12.2. The van der Waals surface area contributed by atoms with Crippen LogP contribution in [0, 0.1) is 5.92 Å². The van der Waals surface area contributed by atoms with Crippen LogP contribution in [0.15, 0.2) is 24.3 Å². The van der Waals surface area contributed by atoms with E-state index in [1.54, 1.807) is 0 Å². The fraction of sp³-hybridized carbons (Fsp3) is 0.467. The van der Waals surface area contributed by atoms with Crippen LogP contribution in [0.5, 0.6) is 0 Å². The van der Waals surface area contributed by atoms with Crippen LogP contribution in [0.1, 0.15) is 26.2 Å². The highest BCUT2D eigenvalue weighted by molar-refractivity contribution is 6.36. The van der Waals surface area contributed by atoms with Crippen molar-refractivity contribution in [3.8, 4) is 0 Å². The van der Waals surface area contributed by atoms with Crippen molar-refractivity contribution in [1.29, 1.82) is 0 Å². The summed E-state index contributed by atoms with van der Waals surface area (Å²) >= 11 is 5.93. The van der Waals surface area contributed by atoms with Crippen LogP contribution in [0.25, 0.3) is 0 Å². The smallest absolute Gasteiger partial charge is 0.402 e. The number of carbonyl (C=O) groups is 1. The van der Waals surface area contributed by atoms with Crippen LogP contribution in [-0.2, 0) is 9.53 Å². The van der Waals surface area contributed by atoms with E-state index in [0.717, 1.165) is 24.9 Å². The molecule has 1 N–H and O–H groups in total. The third kappa shape index (κ3) is 1.99. The Bertz CT molecular complexity index is 582. The average molecular weight is 294 g/mol. The van der Waals surface area contributed by atoms with Crippen LogP contribution in [0.4, 0.5) is 5.69 Å². The van der Waals surface area contributed by atoms with E-state index in [2.05, 4.69) is 12.3 Å². The van der Waals surface area contributed by atoms with Crippen LogP contribution < -0.4 is 5.43 Å². The highest BCUT2D eigenvalue weighted by atomic mass is 35.5. The van der Waals surface area contributed by atoms with Crippen molar-refractivity contribution in [1.82, 2.24) is 5.43 Å². The Morgan fingerprint density at radius 3 is 2.80 bits per heavy atom. The van der Waals surface area contributed by atoms with Crippen LogP contribution in [-0.4, -0.2) is 29.0 Å². The molecule has 1 aliphatic heterocycles. The van der Waals surface area contributed by atoms with Crippen LogP contribution >= 0.6 is 11.6 Å². The molecule has 5 heteroatoms. The molecular weight excluding hydrogens is 276 g/mol. The van der Waals surface area contributed by atoms with Gasteiger partial charge in [0.2, 0.25) is 5.69 Å². The number of nitrogens with zero attached hydrogens (tertiary/aromatic N) is 1. The van der Waals surface area contributed by atoms with Gasteiger partial charge in [-0.25, -0.2) is 4.79 Å². The summed E-state index contributed by atoms with van der Waals surface area (Å²) in [5.41, 5.74) is 5.03. The summed E-state index contributed by atoms with van der Waals surface area (Å²) in [5.74, 6) is -0.0614. The summed E-state index contributed by atoms with van der Waals surface area (Å²) in [6.45, 7) is 2.17. The molecule has 2 atom stereocenters. The highest BCUT2D eigenvalue weighted by Gasteiger charge is 2.57. The molecule has 0 aromatic heterocycles. The number of hydrazone groups is 1. The van der Waals surface area contributed by atoms with E-state index in [9.17, 15) is 4.79 Å². The summed E-state index contributed by atoms with van der Waals surface area (Å²) in [5, 5.41) is 0.680. The number of rotatable bonds is 2. The zero-order chi connectivity index (χ0) is 14.3. The lowest BCUT2D eigenvalue weighted by molar-refractivity contribution is -0.509. The Labute approximate surface area is 123 Å². The molecule has 1 aromatic carbocycles. The molecule has 0 spiro atoms. The first-order valence-electron chi connectivity index (χ1n) is 6.84. The van der Waals surface area contributed by atoms with Gasteiger partial charge in [-0.05, 0) is 38.3 Å². The molecule has 0 saturated heterocycles. The second-order valence-corrected chi connectivity index (χ2v) is 6.10. The lowest BCUT2D eigenvalue weighted by atomic mass is 9.87. The van der Waals surface area contributed by atoms with Crippen LogP contribution in [0.2, 0.25) is 5.02 Å². The van der Waals surface area contributed by atoms with Gasteiger partial charge in [-0.15, -0.1) is 0 Å². The normalized spacial score (nSPS) is 28.2. The maximum Gasteiger partial charge on any atom is 0.402 e. The van der Waals surface area contributed by atoms with Gasteiger partial charge in [0.25, 0.3) is 0 Å². The standard InChI is InChI=1S/C15H17ClN2O2/c1-15-9-3-4-12(15)13(14(19)20-2)18(17-15)11-7-5-10(16)6-8-11/h5-8,12H,3-4,9H2,1-2H3/p+1/t12-,15-/m0/s1. The van der Waals surface area contributed by atoms with E-state index in [1.165, 1.54) is 7.11 Å². The molecule has 3 rings (SSSR count). The van der Waals surface area contributed by atoms with Gasteiger partial charge < -0.3 is 4.74 Å². The van der Waals surface area contributed by atoms with E-state index >= 15 is 0 Å². The molecule has 1 saturated carbocycles. The zero-order valence-corrected chi connectivity index (χ0v) is 12.4. The first kappa shape index (κ1) is 13.4. The number of ether oxygens (including phenoxy) is 1. The summed E-state index contributed by atoms with van der Waals surface area (Å²) in [7, 11) is 1.43. The van der Waals surface area contributed by atoms with Crippen molar-refractivity contribution in [2.24, 2.45) is 5.92 Å². The zero-order valence-electron chi connectivity index (χ0n) is 11.6. The largest absolute Gasteiger partial charge is 0.461 e. The molecule has 1 heterocycles. The average Bonchev–Trinajstić information content (AvgIpc) is 2.92. The number of hydrogen-bond acceptors (Lipinski definition) is 3. The lowest BCUT2D eigenvalue weighted by Gasteiger charge is -2.19. The van der Waals surface area contributed by atoms with Gasteiger partial charge in [-0.1, -0.05) is 16.3 Å². The van der Waals surface area contributed by atoms with E-state index in [-0.39, 0.29) is 17.4 Å². The van der Waals surface area contributed by atoms with Crippen LogP contribution in [0.3, 0.4) is 0 Å². The molecule has 106 valence electrons. The summed E-state index contributed by atoms with van der Waals surface area (Å²) < 4.78 is 6.85. The molecule has 4 nitrogen and oxygen atoms in total. The minimum absolute atomic E-state index is 0.0663. The maximum atomic E-state index is 12.2. The number of esters is 1. The Hall–Kier alpha value is -1.55. The second-order valence-electron chi connectivity index (χ2n) is 5.66. The SMILES string of the molecule is COC(=O)C1=[N+](c2ccc(Cl)cc2)N[C@@]2(C)CCC[C@@H]12. The second kappa shape index (κ2) is 4.77. The molecule has 1 aromatic rings. The third-order valence-electron chi connectivity index (χ3n) is 4.38. The Kier molecular flexibility index (Phi) is 3.21. The number of methoxy groups -OCH3 is 1.